The van der Waals surface area contributed by atoms with E-state index < -0.39 is 29.6 Å². The van der Waals surface area contributed by atoms with Gasteiger partial charge in [0.1, 0.15) is 0 Å². The molecule has 0 unspecified atom stereocenters. The number of aromatic carboxylic acids is 1. The molecule has 1 aromatic carbocycles. The molecular formula is C25H20N2O6. The summed E-state index contributed by atoms with van der Waals surface area (Å²) in [5.41, 5.74) is 0.0277. The van der Waals surface area contributed by atoms with E-state index in [2.05, 4.69) is 0 Å². The average molecular weight is 444 g/mol. The lowest BCUT2D eigenvalue weighted by atomic mass is 9.85. The summed E-state index contributed by atoms with van der Waals surface area (Å²) >= 11 is 0. The summed E-state index contributed by atoms with van der Waals surface area (Å²) < 4.78 is 0. The van der Waals surface area contributed by atoms with Crippen molar-refractivity contribution in [2.75, 3.05) is 9.80 Å². The Kier molecular flexibility index (Phi) is 3.49. The summed E-state index contributed by atoms with van der Waals surface area (Å²) in [4.78, 5) is 67.0. The molecule has 0 radical (unpaired) electrons. The van der Waals surface area contributed by atoms with Crippen molar-refractivity contribution in [2.24, 2.45) is 47.3 Å². The molecule has 7 rings (SSSR count). The second kappa shape index (κ2) is 6.07. The normalized spacial score (nSPS) is 39.4. The maximum absolute atomic E-state index is 13.3. The average Bonchev–Trinajstić information content (AvgIpc) is 3.61. The smallest absolute Gasteiger partial charge is 0.335 e. The third-order valence-electron chi connectivity index (χ3n) is 8.61. The molecule has 1 N–H and O–H groups in total. The Morgan fingerprint density at radius 3 is 1.27 bits per heavy atom. The highest BCUT2D eigenvalue weighted by molar-refractivity contribution is 6.25. The Morgan fingerprint density at radius 2 is 0.970 bits per heavy atom. The Bertz CT molecular complexity index is 1120. The van der Waals surface area contributed by atoms with Gasteiger partial charge < -0.3 is 5.11 Å². The third-order valence-corrected chi connectivity index (χ3v) is 8.61. The van der Waals surface area contributed by atoms with Crippen molar-refractivity contribution in [3.63, 3.8) is 0 Å². The minimum Gasteiger partial charge on any atom is -0.478 e. The van der Waals surface area contributed by atoms with Gasteiger partial charge in [-0.3, -0.25) is 19.2 Å². The summed E-state index contributed by atoms with van der Waals surface area (Å²) in [5, 5.41) is 9.70. The van der Waals surface area contributed by atoms with Crippen LogP contribution in [0.25, 0.3) is 0 Å². The molecule has 0 aromatic heterocycles. The zero-order chi connectivity index (χ0) is 22.8. The van der Waals surface area contributed by atoms with E-state index in [1.165, 1.54) is 18.2 Å². The standard InChI is InChI=1S/C25H20N2O6/c28-21-17-10-1-2-11(5-10)18(17)22(29)26(21)15-7-14(25(32)33)8-16(9-15)27-23(30)19-12-3-4-13(6-12)20(19)24(27)31/h1-4,7-13,17-20H,5-6H2,(H,32,33)/t10-,11-,12-,13-,17-,18+,19+,20+/m0/s1. The van der Waals surface area contributed by atoms with Gasteiger partial charge >= 0.3 is 5.97 Å². The highest BCUT2D eigenvalue weighted by Gasteiger charge is 2.61. The van der Waals surface area contributed by atoms with Gasteiger partial charge in [0.15, 0.2) is 0 Å². The van der Waals surface area contributed by atoms with E-state index in [-0.39, 0.29) is 64.2 Å². The summed E-state index contributed by atoms with van der Waals surface area (Å²) in [5.74, 6) is -4.26. The molecule has 2 aliphatic heterocycles. The minimum absolute atomic E-state index is 0.0210. The van der Waals surface area contributed by atoms with Crippen molar-refractivity contribution in [1.82, 2.24) is 0 Å². The SMILES string of the molecule is O=C(O)c1cc(N2C(=O)[C@@H]3[C@H](C2=O)[C@H]2C=C[C@H]3C2)cc(N2C(=O)[C@H]3[C@H](C2=O)[C@H]2C=C[C@H]3C2)c1. The minimum atomic E-state index is -1.26. The van der Waals surface area contributed by atoms with E-state index in [1.54, 1.807) is 0 Å². The van der Waals surface area contributed by atoms with Crippen LogP contribution in [0.5, 0.6) is 0 Å². The number of imide groups is 2. The molecule has 33 heavy (non-hydrogen) atoms. The maximum atomic E-state index is 13.3. The number of carboxylic acids is 1. The number of amides is 4. The molecule has 0 spiro atoms. The van der Waals surface area contributed by atoms with E-state index in [0.29, 0.717) is 0 Å². The van der Waals surface area contributed by atoms with Crippen molar-refractivity contribution in [2.45, 2.75) is 12.8 Å². The van der Waals surface area contributed by atoms with Gasteiger partial charge in [0.25, 0.3) is 0 Å². The summed E-state index contributed by atoms with van der Waals surface area (Å²) in [7, 11) is 0. The second-order valence-electron chi connectivity index (χ2n) is 10.1. The molecule has 2 heterocycles. The van der Waals surface area contributed by atoms with Gasteiger partial charge in [0, 0.05) is 0 Å². The molecule has 8 atom stereocenters. The number of nitrogens with zero attached hydrogens (tertiary/aromatic N) is 2. The lowest BCUT2D eigenvalue weighted by Crippen LogP contribution is -2.35. The predicted molar refractivity (Wildman–Crippen MR) is 114 cm³/mol. The number of allylic oxidation sites excluding steroid dienone is 4. The number of carboxylic acid groups (broad SMARTS) is 1. The van der Waals surface area contributed by atoms with Crippen LogP contribution in [-0.4, -0.2) is 34.7 Å². The van der Waals surface area contributed by atoms with Gasteiger partial charge in [-0.25, -0.2) is 14.6 Å². The van der Waals surface area contributed by atoms with Gasteiger partial charge in [0.05, 0.1) is 40.6 Å². The molecular weight excluding hydrogens is 424 g/mol. The molecule has 4 bridgehead atoms. The summed E-state index contributed by atoms with van der Waals surface area (Å²) in [6.45, 7) is 0. The molecule has 4 fully saturated rings. The van der Waals surface area contributed by atoms with Crippen LogP contribution in [0.1, 0.15) is 23.2 Å². The molecule has 8 nitrogen and oxygen atoms in total. The monoisotopic (exact) mass is 444 g/mol. The number of benzene rings is 1. The lowest BCUT2D eigenvalue weighted by molar-refractivity contribution is -0.124. The number of carbonyl (C=O) groups excluding carboxylic acids is 4. The van der Waals surface area contributed by atoms with Crippen LogP contribution in [0.15, 0.2) is 42.5 Å². The van der Waals surface area contributed by atoms with Gasteiger partial charge in [-0.1, -0.05) is 24.3 Å². The highest BCUT2D eigenvalue weighted by Crippen LogP contribution is 2.55. The third kappa shape index (κ3) is 2.23. The van der Waals surface area contributed by atoms with Crippen molar-refractivity contribution in [3.05, 3.63) is 48.1 Å². The summed E-state index contributed by atoms with van der Waals surface area (Å²) in [6.07, 6.45) is 9.53. The number of hydrogen-bond donors (Lipinski definition) is 1. The van der Waals surface area contributed by atoms with Crippen molar-refractivity contribution < 1.29 is 29.1 Å². The molecule has 8 heteroatoms. The first kappa shape index (κ1) is 19.0. The highest BCUT2D eigenvalue weighted by atomic mass is 16.4. The van der Waals surface area contributed by atoms with Crippen LogP contribution in [0.4, 0.5) is 11.4 Å². The van der Waals surface area contributed by atoms with Gasteiger partial charge in [-0.2, -0.15) is 0 Å². The van der Waals surface area contributed by atoms with E-state index in [4.69, 9.17) is 0 Å². The van der Waals surface area contributed by atoms with E-state index in [1.807, 2.05) is 24.3 Å². The quantitative estimate of drug-likeness (QED) is 0.564. The van der Waals surface area contributed by atoms with Gasteiger partial charge in [-0.15, -0.1) is 0 Å². The largest absolute Gasteiger partial charge is 0.478 e. The first-order valence-corrected chi connectivity index (χ1v) is 11.4. The molecule has 2 saturated heterocycles. The van der Waals surface area contributed by atoms with E-state index in [0.717, 1.165) is 22.6 Å². The predicted octanol–water partition coefficient (Wildman–Crippen LogP) is 2.01. The molecule has 166 valence electrons. The van der Waals surface area contributed by atoms with Crippen molar-refractivity contribution in [1.29, 1.82) is 0 Å². The van der Waals surface area contributed by atoms with Crippen molar-refractivity contribution in [3.8, 4) is 0 Å². The first-order valence-electron chi connectivity index (χ1n) is 11.4. The van der Waals surface area contributed by atoms with Gasteiger partial charge in [0.2, 0.25) is 23.6 Å². The second-order valence-corrected chi connectivity index (χ2v) is 10.1. The Hall–Kier alpha value is -3.55. The molecule has 1 aromatic rings. The lowest BCUT2D eigenvalue weighted by Gasteiger charge is -2.22. The zero-order valence-electron chi connectivity index (χ0n) is 17.5. The van der Waals surface area contributed by atoms with Crippen LogP contribution in [0.2, 0.25) is 0 Å². The molecule has 2 saturated carbocycles. The number of hydrogen-bond acceptors (Lipinski definition) is 5. The van der Waals surface area contributed by atoms with E-state index >= 15 is 0 Å². The Morgan fingerprint density at radius 1 is 0.636 bits per heavy atom. The number of fused-ring (bicyclic) bond motifs is 10. The maximum Gasteiger partial charge on any atom is 0.335 e. The van der Waals surface area contributed by atoms with Crippen LogP contribution in [0.3, 0.4) is 0 Å². The fourth-order valence-electron chi connectivity index (χ4n) is 7.29. The van der Waals surface area contributed by atoms with Crippen LogP contribution < -0.4 is 9.80 Å². The molecule has 4 aliphatic carbocycles. The number of carbonyl (C=O) groups is 5. The first-order chi connectivity index (χ1) is 15.8. The van der Waals surface area contributed by atoms with E-state index in [9.17, 15) is 29.1 Å². The van der Waals surface area contributed by atoms with Crippen LogP contribution in [0, 0.1) is 47.3 Å². The van der Waals surface area contributed by atoms with Crippen LogP contribution in [-0.2, 0) is 19.2 Å². The number of rotatable bonds is 3. The Balaban J connectivity index is 1.30. The molecule has 6 aliphatic rings. The summed E-state index contributed by atoms with van der Waals surface area (Å²) in [6, 6.07) is 3.98. The van der Waals surface area contributed by atoms with Crippen molar-refractivity contribution >= 4 is 41.0 Å². The number of anilines is 2. The topological polar surface area (TPSA) is 112 Å². The molecule has 4 amide bonds. The van der Waals surface area contributed by atoms with Crippen LogP contribution >= 0.6 is 0 Å². The Labute approximate surface area is 188 Å². The zero-order valence-corrected chi connectivity index (χ0v) is 17.5. The fraction of sp³-hybridized carbons (Fsp3) is 0.400. The van der Waals surface area contributed by atoms with Gasteiger partial charge in [-0.05, 0) is 54.7 Å². The fourth-order valence-corrected chi connectivity index (χ4v) is 7.29.